The van der Waals surface area contributed by atoms with Crippen LogP contribution in [0, 0.1) is 5.92 Å². The Labute approximate surface area is 137 Å². The highest BCUT2D eigenvalue weighted by Crippen LogP contribution is 2.39. The van der Waals surface area contributed by atoms with Crippen LogP contribution in [-0.4, -0.2) is 30.2 Å². The fraction of sp³-hybridized carbons (Fsp3) is 0.556. The van der Waals surface area contributed by atoms with E-state index in [2.05, 4.69) is 5.32 Å². The molecule has 0 bridgehead atoms. The van der Waals surface area contributed by atoms with Gasteiger partial charge in [-0.05, 0) is 39.7 Å². The Bertz CT molecular complexity index is 557. The van der Waals surface area contributed by atoms with E-state index in [0.29, 0.717) is 13.0 Å². The molecule has 1 unspecified atom stereocenters. The van der Waals surface area contributed by atoms with Gasteiger partial charge < -0.3 is 9.47 Å². The Morgan fingerprint density at radius 2 is 1.96 bits per heavy atom. The first-order chi connectivity index (χ1) is 10.9. The van der Waals surface area contributed by atoms with Gasteiger partial charge in [-0.3, -0.25) is 14.9 Å². The molecule has 5 heteroatoms. The van der Waals surface area contributed by atoms with Crippen LogP contribution in [0.1, 0.15) is 45.7 Å². The van der Waals surface area contributed by atoms with Gasteiger partial charge in [0, 0.05) is 6.04 Å². The van der Waals surface area contributed by atoms with Crippen LogP contribution in [0.5, 0.6) is 0 Å². The van der Waals surface area contributed by atoms with E-state index in [1.165, 1.54) is 0 Å². The molecule has 1 heterocycles. The Balaban J connectivity index is 2.28. The molecule has 0 radical (unpaired) electrons. The molecule has 126 valence electrons. The Kier molecular flexibility index (Phi) is 5.42. The summed E-state index contributed by atoms with van der Waals surface area (Å²) in [4.78, 5) is 24.8. The summed E-state index contributed by atoms with van der Waals surface area (Å²) in [6, 6.07) is 9.39. The number of carbonyl (C=O) groups excluding carboxylic acids is 2. The number of esters is 2. The van der Waals surface area contributed by atoms with E-state index < -0.39 is 11.5 Å². The molecule has 1 aromatic rings. The molecule has 2 rings (SSSR count). The van der Waals surface area contributed by atoms with E-state index in [-0.39, 0.29) is 24.1 Å². The molecule has 1 aliphatic rings. The lowest BCUT2D eigenvalue weighted by Crippen LogP contribution is -2.47. The lowest BCUT2D eigenvalue weighted by molar-refractivity contribution is -0.154. The van der Waals surface area contributed by atoms with Crippen molar-refractivity contribution in [3.63, 3.8) is 0 Å². The number of hydrogen-bond donors (Lipinski definition) is 1. The SMILES string of the molecule is CCOC(=O)[C@H]1CC(C)(C(=O)OC(C)C)N[C@@H]1c1ccccc1. The maximum absolute atomic E-state index is 12.4. The van der Waals surface area contributed by atoms with Gasteiger partial charge >= 0.3 is 11.9 Å². The maximum atomic E-state index is 12.4. The molecule has 3 atom stereocenters. The molecule has 0 amide bonds. The fourth-order valence-corrected chi connectivity index (χ4v) is 2.99. The average molecular weight is 319 g/mol. The normalized spacial score (nSPS) is 27.0. The first-order valence-electron chi connectivity index (χ1n) is 8.07. The maximum Gasteiger partial charge on any atom is 0.326 e. The minimum atomic E-state index is -0.901. The Morgan fingerprint density at radius 3 is 2.52 bits per heavy atom. The monoisotopic (exact) mass is 319 g/mol. The highest BCUT2D eigenvalue weighted by atomic mass is 16.5. The summed E-state index contributed by atoms with van der Waals surface area (Å²) < 4.78 is 10.6. The van der Waals surface area contributed by atoms with E-state index in [1.807, 2.05) is 44.2 Å². The zero-order valence-corrected chi connectivity index (χ0v) is 14.2. The van der Waals surface area contributed by atoms with Gasteiger partial charge in [-0.25, -0.2) is 0 Å². The first-order valence-corrected chi connectivity index (χ1v) is 8.07. The largest absolute Gasteiger partial charge is 0.466 e. The third-order valence-corrected chi connectivity index (χ3v) is 4.05. The van der Waals surface area contributed by atoms with Crippen LogP contribution in [0.4, 0.5) is 0 Å². The van der Waals surface area contributed by atoms with Crippen LogP contribution >= 0.6 is 0 Å². The van der Waals surface area contributed by atoms with Crippen molar-refractivity contribution in [1.82, 2.24) is 5.32 Å². The highest BCUT2D eigenvalue weighted by molar-refractivity contribution is 5.84. The van der Waals surface area contributed by atoms with E-state index in [0.717, 1.165) is 5.56 Å². The van der Waals surface area contributed by atoms with Crippen molar-refractivity contribution in [2.75, 3.05) is 6.61 Å². The smallest absolute Gasteiger partial charge is 0.326 e. The average Bonchev–Trinajstić information content (AvgIpc) is 2.87. The molecule has 23 heavy (non-hydrogen) atoms. The summed E-state index contributed by atoms with van der Waals surface area (Å²) in [7, 11) is 0. The Hall–Kier alpha value is -1.88. The molecule has 1 fully saturated rings. The minimum Gasteiger partial charge on any atom is -0.466 e. The lowest BCUT2D eigenvalue weighted by Gasteiger charge is -2.25. The van der Waals surface area contributed by atoms with Gasteiger partial charge in [0.15, 0.2) is 0 Å². The van der Waals surface area contributed by atoms with Crippen molar-refractivity contribution >= 4 is 11.9 Å². The van der Waals surface area contributed by atoms with Crippen molar-refractivity contribution in [2.45, 2.75) is 51.8 Å². The summed E-state index contributed by atoms with van der Waals surface area (Å²) >= 11 is 0. The predicted molar refractivity (Wildman–Crippen MR) is 86.7 cm³/mol. The van der Waals surface area contributed by atoms with Gasteiger partial charge in [0.2, 0.25) is 0 Å². The van der Waals surface area contributed by atoms with Crippen molar-refractivity contribution in [3.8, 4) is 0 Å². The van der Waals surface area contributed by atoms with Gasteiger partial charge in [-0.2, -0.15) is 0 Å². The van der Waals surface area contributed by atoms with Crippen molar-refractivity contribution in [3.05, 3.63) is 35.9 Å². The van der Waals surface area contributed by atoms with Gasteiger partial charge in [-0.1, -0.05) is 30.3 Å². The van der Waals surface area contributed by atoms with E-state index in [9.17, 15) is 9.59 Å². The van der Waals surface area contributed by atoms with E-state index in [1.54, 1.807) is 13.8 Å². The lowest BCUT2D eigenvalue weighted by atomic mass is 9.90. The summed E-state index contributed by atoms with van der Waals surface area (Å²) in [6.07, 6.45) is 0.162. The van der Waals surface area contributed by atoms with Crippen LogP contribution < -0.4 is 5.32 Å². The molecular weight excluding hydrogens is 294 g/mol. The molecule has 1 N–H and O–H groups in total. The van der Waals surface area contributed by atoms with E-state index >= 15 is 0 Å². The molecule has 0 saturated carbocycles. The van der Waals surface area contributed by atoms with Gasteiger partial charge in [0.05, 0.1) is 18.6 Å². The van der Waals surface area contributed by atoms with Crippen LogP contribution in [0.2, 0.25) is 0 Å². The second kappa shape index (κ2) is 7.13. The van der Waals surface area contributed by atoms with Gasteiger partial charge in [-0.15, -0.1) is 0 Å². The number of nitrogens with one attached hydrogen (secondary N) is 1. The van der Waals surface area contributed by atoms with Crippen molar-refractivity contribution < 1.29 is 19.1 Å². The standard InChI is InChI=1S/C18H25NO4/c1-5-22-16(20)14-11-18(4,17(21)23-12(2)3)19-15(14)13-9-7-6-8-10-13/h6-10,12,14-15,19H,5,11H2,1-4H3/t14-,15+,18?/m0/s1. The topological polar surface area (TPSA) is 64.6 Å². The summed E-state index contributed by atoms with van der Waals surface area (Å²) in [6.45, 7) is 7.52. The zero-order valence-electron chi connectivity index (χ0n) is 14.2. The number of carbonyl (C=O) groups is 2. The summed E-state index contributed by atoms with van der Waals surface area (Å²) in [5.41, 5.74) is 0.0639. The summed E-state index contributed by atoms with van der Waals surface area (Å²) in [5, 5.41) is 3.30. The molecule has 1 aromatic carbocycles. The Morgan fingerprint density at radius 1 is 1.30 bits per heavy atom. The third-order valence-electron chi connectivity index (χ3n) is 4.05. The van der Waals surface area contributed by atoms with Gasteiger partial charge in [0.25, 0.3) is 0 Å². The fourth-order valence-electron chi connectivity index (χ4n) is 2.99. The number of ether oxygens (including phenoxy) is 2. The number of hydrogen-bond acceptors (Lipinski definition) is 5. The second-order valence-corrected chi connectivity index (χ2v) is 6.38. The quantitative estimate of drug-likeness (QED) is 0.845. The minimum absolute atomic E-state index is 0.196. The molecule has 0 spiro atoms. The molecule has 1 aliphatic heterocycles. The summed E-state index contributed by atoms with van der Waals surface area (Å²) in [5.74, 6) is -1.03. The van der Waals surface area contributed by atoms with Crippen LogP contribution in [-0.2, 0) is 19.1 Å². The van der Waals surface area contributed by atoms with Gasteiger partial charge in [0.1, 0.15) is 5.54 Å². The molecule has 0 aliphatic carbocycles. The van der Waals surface area contributed by atoms with Crippen molar-refractivity contribution in [2.24, 2.45) is 5.92 Å². The van der Waals surface area contributed by atoms with Crippen LogP contribution in [0.25, 0.3) is 0 Å². The highest BCUT2D eigenvalue weighted by Gasteiger charge is 2.51. The van der Waals surface area contributed by atoms with Crippen LogP contribution in [0.15, 0.2) is 30.3 Å². The number of rotatable bonds is 5. The third kappa shape index (κ3) is 3.91. The number of benzene rings is 1. The molecule has 1 saturated heterocycles. The first kappa shape index (κ1) is 17.5. The predicted octanol–water partition coefficient (Wildman–Crippen LogP) is 2.61. The van der Waals surface area contributed by atoms with Crippen LogP contribution in [0.3, 0.4) is 0 Å². The van der Waals surface area contributed by atoms with Crippen molar-refractivity contribution in [1.29, 1.82) is 0 Å². The zero-order chi connectivity index (χ0) is 17.0. The molecule has 5 nitrogen and oxygen atoms in total. The molecular formula is C18H25NO4. The van der Waals surface area contributed by atoms with E-state index in [4.69, 9.17) is 9.47 Å². The molecule has 0 aromatic heterocycles. The second-order valence-electron chi connectivity index (χ2n) is 6.38.